The molecule has 6 nitrogen and oxygen atoms in total. The Morgan fingerprint density at radius 3 is 2.35 bits per heavy atom. The Labute approximate surface area is 236 Å². The zero-order chi connectivity index (χ0) is 29.4. The number of nitrogens with two attached hydrogens (primary N) is 1. The SMILES string of the molecule is C=C(N)c1ccc(C)c(-c2nc(NCCCN(CC)CC)nc3c2C=CC(=C)N3c2c(F)cccc2F)c1.CC. The van der Waals surface area contributed by atoms with E-state index in [0.717, 1.165) is 42.7 Å². The van der Waals surface area contributed by atoms with Crippen molar-refractivity contribution in [2.45, 2.75) is 41.0 Å². The lowest BCUT2D eigenvalue weighted by atomic mass is 9.96. The maximum atomic E-state index is 15.0. The molecule has 40 heavy (non-hydrogen) atoms. The van der Waals surface area contributed by atoms with Crippen molar-refractivity contribution in [3.63, 3.8) is 0 Å². The summed E-state index contributed by atoms with van der Waals surface area (Å²) in [5, 5.41) is 3.32. The van der Waals surface area contributed by atoms with Crippen molar-refractivity contribution in [2.75, 3.05) is 36.4 Å². The maximum Gasteiger partial charge on any atom is 0.225 e. The molecule has 8 heteroatoms. The van der Waals surface area contributed by atoms with E-state index in [1.165, 1.54) is 23.1 Å². The largest absolute Gasteiger partial charge is 0.399 e. The summed E-state index contributed by atoms with van der Waals surface area (Å²) in [5.41, 5.74) is 10.4. The van der Waals surface area contributed by atoms with Crippen LogP contribution in [0.4, 0.5) is 26.2 Å². The molecule has 0 atom stereocenters. The highest BCUT2D eigenvalue weighted by Crippen LogP contribution is 2.42. The average molecular weight is 547 g/mol. The summed E-state index contributed by atoms with van der Waals surface area (Å²) in [7, 11) is 0. The molecule has 3 aromatic rings. The van der Waals surface area contributed by atoms with Crippen LogP contribution in [0, 0.1) is 18.6 Å². The molecule has 4 rings (SSSR count). The predicted molar refractivity (Wildman–Crippen MR) is 164 cm³/mol. The van der Waals surface area contributed by atoms with Gasteiger partial charge in [0.25, 0.3) is 0 Å². The van der Waals surface area contributed by atoms with Crippen LogP contribution in [0.2, 0.25) is 0 Å². The molecule has 0 fully saturated rings. The summed E-state index contributed by atoms with van der Waals surface area (Å²) < 4.78 is 30.0. The third-order valence-corrected chi connectivity index (χ3v) is 6.72. The van der Waals surface area contributed by atoms with Gasteiger partial charge in [0, 0.05) is 29.1 Å². The van der Waals surface area contributed by atoms with Crippen LogP contribution in [0.25, 0.3) is 23.0 Å². The Kier molecular flexibility index (Phi) is 10.6. The molecule has 0 spiro atoms. The lowest BCUT2D eigenvalue weighted by molar-refractivity contribution is 0.303. The van der Waals surface area contributed by atoms with Gasteiger partial charge in [-0.15, -0.1) is 0 Å². The fourth-order valence-electron chi connectivity index (χ4n) is 4.53. The van der Waals surface area contributed by atoms with Gasteiger partial charge in [-0.3, -0.25) is 4.90 Å². The molecule has 2 aromatic carbocycles. The molecule has 0 saturated carbocycles. The van der Waals surface area contributed by atoms with Crippen molar-refractivity contribution < 1.29 is 8.78 Å². The first kappa shape index (κ1) is 30.5. The second kappa shape index (κ2) is 13.8. The Morgan fingerprint density at radius 1 is 1.05 bits per heavy atom. The normalized spacial score (nSPS) is 12.2. The van der Waals surface area contributed by atoms with E-state index >= 15 is 0 Å². The first-order valence-electron chi connectivity index (χ1n) is 13.8. The highest BCUT2D eigenvalue weighted by atomic mass is 19.1. The number of allylic oxidation sites excluding steroid dienone is 1. The van der Waals surface area contributed by atoms with Gasteiger partial charge in [0.2, 0.25) is 5.95 Å². The van der Waals surface area contributed by atoms with E-state index in [-0.39, 0.29) is 5.69 Å². The van der Waals surface area contributed by atoms with E-state index < -0.39 is 11.6 Å². The van der Waals surface area contributed by atoms with Crippen LogP contribution in [-0.4, -0.2) is 41.0 Å². The lowest BCUT2D eigenvalue weighted by Crippen LogP contribution is -2.26. The summed E-state index contributed by atoms with van der Waals surface area (Å²) in [5.74, 6) is -0.716. The minimum Gasteiger partial charge on any atom is -0.399 e. The number of aryl methyl sites for hydroxylation is 1. The number of fused-ring (bicyclic) bond motifs is 1. The smallest absolute Gasteiger partial charge is 0.225 e. The van der Waals surface area contributed by atoms with Crippen LogP contribution < -0.4 is 16.0 Å². The fraction of sp³-hybridized carbons (Fsp3) is 0.312. The molecule has 1 aliphatic rings. The molecule has 212 valence electrons. The molecule has 1 aromatic heterocycles. The number of para-hydroxylation sites is 1. The highest BCUT2D eigenvalue weighted by Gasteiger charge is 2.29. The van der Waals surface area contributed by atoms with Gasteiger partial charge < -0.3 is 16.0 Å². The molecular weight excluding hydrogens is 506 g/mol. The van der Waals surface area contributed by atoms with Crippen LogP contribution in [0.15, 0.2) is 61.3 Å². The number of aromatic nitrogens is 2. The van der Waals surface area contributed by atoms with Crippen molar-refractivity contribution in [3.8, 4) is 11.3 Å². The standard InChI is InChI=1S/C30H34F2N6.C2H6/c1-6-37(7-2)17-9-16-34-30-35-27(24-18-22(21(5)33)14-12-19(24)3)23-15-13-20(4)38(29(23)36-30)28-25(31)10-8-11-26(28)32;1-2/h8,10-15,18H,4-7,9,16-17,33H2,1-3H3,(H,34,35,36);1-2H3. The van der Waals surface area contributed by atoms with Gasteiger partial charge in [-0.05, 0) is 74.5 Å². The number of nitrogens with one attached hydrogen (secondary N) is 1. The average Bonchev–Trinajstić information content (AvgIpc) is 2.95. The molecule has 0 bridgehead atoms. The first-order chi connectivity index (χ1) is 19.2. The fourth-order valence-corrected chi connectivity index (χ4v) is 4.53. The maximum absolute atomic E-state index is 15.0. The van der Waals surface area contributed by atoms with E-state index in [9.17, 15) is 8.78 Å². The van der Waals surface area contributed by atoms with Crippen LogP contribution in [0.3, 0.4) is 0 Å². The number of anilines is 3. The summed E-state index contributed by atoms with van der Waals surface area (Å²) in [6, 6.07) is 9.56. The van der Waals surface area contributed by atoms with Gasteiger partial charge in [-0.25, -0.2) is 13.8 Å². The number of nitrogens with zero attached hydrogens (tertiary/aromatic N) is 4. The van der Waals surface area contributed by atoms with E-state index in [2.05, 4.69) is 37.2 Å². The molecule has 0 amide bonds. The zero-order valence-corrected chi connectivity index (χ0v) is 24.2. The first-order valence-corrected chi connectivity index (χ1v) is 13.8. The molecule has 0 unspecified atom stereocenters. The van der Waals surface area contributed by atoms with Gasteiger partial charge in [0.05, 0.1) is 5.69 Å². The summed E-state index contributed by atoms with van der Waals surface area (Å²) >= 11 is 0. The van der Waals surface area contributed by atoms with E-state index in [1.54, 1.807) is 6.08 Å². The summed E-state index contributed by atoms with van der Waals surface area (Å²) in [4.78, 5) is 13.4. The second-order valence-corrected chi connectivity index (χ2v) is 9.23. The molecule has 0 aliphatic carbocycles. The van der Waals surface area contributed by atoms with E-state index in [1.807, 2.05) is 45.0 Å². The second-order valence-electron chi connectivity index (χ2n) is 9.23. The molecule has 2 heterocycles. The molecule has 3 N–H and O–H groups in total. The number of benzene rings is 2. The topological polar surface area (TPSA) is 70.3 Å². The molecule has 0 radical (unpaired) electrons. The Balaban J connectivity index is 0.00000216. The quantitative estimate of drug-likeness (QED) is 0.257. The third-order valence-electron chi connectivity index (χ3n) is 6.72. The van der Waals surface area contributed by atoms with Gasteiger partial charge in [-0.2, -0.15) is 4.98 Å². The van der Waals surface area contributed by atoms with E-state index in [0.29, 0.717) is 41.0 Å². The van der Waals surface area contributed by atoms with Gasteiger partial charge in [-0.1, -0.05) is 59.1 Å². The number of hydrogen-bond acceptors (Lipinski definition) is 6. The summed E-state index contributed by atoms with van der Waals surface area (Å²) in [6.07, 6.45) is 4.42. The molecular formula is C32H40F2N6. The van der Waals surface area contributed by atoms with Gasteiger partial charge in [0.1, 0.15) is 17.3 Å². The highest BCUT2D eigenvalue weighted by molar-refractivity contribution is 5.89. The van der Waals surface area contributed by atoms with Crippen molar-refractivity contribution in [1.29, 1.82) is 0 Å². The zero-order valence-electron chi connectivity index (χ0n) is 24.2. The van der Waals surface area contributed by atoms with Crippen molar-refractivity contribution in [1.82, 2.24) is 14.9 Å². The van der Waals surface area contributed by atoms with Crippen molar-refractivity contribution >= 4 is 29.2 Å². The number of hydrogen-bond donors (Lipinski definition) is 2. The van der Waals surface area contributed by atoms with Crippen LogP contribution in [0.1, 0.15) is 50.8 Å². The molecule has 0 saturated heterocycles. The third kappa shape index (κ3) is 6.57. The molecule has 1 aliphatic heterocycles. The van der Waals surface area contributed by atoms with Crippen LogP contribution >= 0.6 is 0 Å². The monoisotopic (exact) mass is 546 g/mol. The van der Waals surface area contributed by atoms with Crippen molar-refractivity contribution in [2.24, 2.45) is 5.73 Å². The predicted octanol–water partition coefficient (Wildman–Crippen LogP) is 7.51. The Morgan fingerprint density at radius 2 is 1.73 bits per heavy atom. The minimum absolute atomic E-state index is 0.235. The van der Waals surface area contributed by atoms with Crippen LogP contribution in [-0.2, 0) is 0 Å². The summed E-state index contributed by atoms with van der Waals surface area (Å²) in [6.45, 7) is 21.7. The number of rotatable bonds is 10. The van der Waals surface area contributed by atoms with E-state index in [4.69, 9.17) is 15.7 Å². The number of halogens is 2. The van der Waals surface area contributed by atoms with Gasteiger partial charge in [0.15, 0.2) is 5.82 Å². The van der Waals surface area contributed by atoms with Gasteiger partial charge >= 0.3 is 0 Å². The lowest BCUT2D eigenvalue weighted by Gasteiger charge is -2.30. The van der Waals surface area contributed by atoms with Crippen LogP contribution in [0.5, 0.6) is 0 Å². The Bertz CT molecular complexity index is 1370. The Hall–Kier alpha value is -4.04. The van der Waals surface area contributed by atoms with Crippen molar-refractivity contribution in [3.05, 3.63) is 89.7 Å². The minimum atomic E-state index is -0.709.